The monoisotopic (exact) mass is 243 g/mol. The van der Waals surface area contributed by atoms with Crippen molar-refractivity contribution >= 4 is 21.9 Å². The molecule has 0 radical (unpaired) electrons. The highest BCUT2D eigenvalue weighted by molar-refractivity contribution is 9.10. The van der Waals surface area contributed by atoms with Gasteiger partial charge in [-0.3, -0.25) is 0 Å². The summed E-state index contributed by atoms with van der Waals surface area (Å²) < 4.78 is 5.17. The minimum Gasteiger partial charge on any atom is -0.465 e. The molecule has 1 rings (SSSR count). The molecule has 0 unspecified atom stereocenters. The van der Waals surface area contributed by atoms with E-state index in [2.05, 4.69) is 25.7 Å². The van der Waals surface area contributed by atoms with E-state index >= 15 is 0 Å². The van der Waals surface area contributed by atoms with Crippen LogP contribution in [-0.2, 0) is 4.74 Å². The van der Waals surface area contributed by atoms with Crippen LogP contribution in [0, 0.1) is 13.8 Å². The number of aromatic nitrogens is 1. The molecule has 70 valence electrons. The lowest BCUT2D eigenvalue weighted by Gasteiger charge is -2.06. The quantitative estimate of drug-likeness (QED) is 0.561. The Morgan fingerprint density at radius 1 is 1.54 bits per heavy atom. The van der Waals surface area contributed by atoms with E-state index in [9.17, 15) is 4.79 Å². The predicted molar refractivity (Wildman–Crippen MR) is 52.8 cm³/mol. The summed E-state index contributed by atoms with van der Waals surface area (Å²) in [6, 6.07) is 1.84. The van der Waals surface area contributed by atoms with Gasteiger partial charge < -0.3 is 4.74 Å². The van der Waals surface area contributed by atoms with Gasteiger partial charge in [-0.15, -0.1) is 0 Å². The van der Waals surface area contributed by atoms with Crippen molar-refractivity contribution in [2.75, 3.05) is 7.11 Å². The maximum atomic E-state index is 11.3. The molecule has 0 atom stereocenters. The van der Waals surface area contributed by atoms with Gasteiger partial charge in [-0.25, -0.2) is 9.78 Å². The fourth-order valence-corrected chi connectivity index (χ4v) is 1.89. The maximum Gasteiger partial charge on any atom is 0.340 e. The molecule has 1 aromatic rings. The minimum atomic E-state index is -0.364. The van der Waals surface area contributed by atoms with Crippen LogP contribution < -0.4 is 0 Å². The molecule has 0 bridgehead atoms. The summed E-state index contributed by atoms with van der Waals surface area (Å²) in [6.07, 6.45) is 0. The summed E-state index contributed by atoms with van der Waals surface area (Å²) in [4.78, 5) is 15.4. The van der Waals surface area contributed by atoms with Crippen molar-refractivity contribution in [2.45, 2.75) is 13.8 Å². The number of hydrogen-bond donors (Lipinski definition) is 0. The highest BCUT2D eigenvalue weighted by Gasteiger charge is 2.14. The number of esters is 1. The van der Waals surface area contributed by atoms with Gasteiger partial charge in [0.2, 0.25) is 0 Å². The van der Waals surface area contributed by atoms with Crippen molar-refractivity contribution in [1.29, 1.82) is 0 Å². The topological polar surface area (TPSA) is 39.2 Å². The summed E-state index contributed by atoms with van der Waals surface area (Å²) in [5, 5.41) is 0. The molecule has 0 saturated heterocycles. The number of carbonyl (C=O) groups is 1. The number of aryl methyl sites for hydroxylation is 2. The Balaban J connectivity index is 3.28. The maximum absolute atomic E-state index is 11.3. The first kappa shape index (κ1) is 10.2. The third kappa shape index (κ3) is 2.06. The van der Waals surface area contributed by atoms with Crippen molar-refractivity contribution in [2.24, 2.45) is 0 Å². The van der Waals surface area contributed by atoms with Crippen molar-refractivity contribution in [3.63, 3.8) is 0 Å². The fourth-order valence-electron chi connectivity index (χ4n) is 1.14. The van der Waals surface area contributed by atoms with Crippen LogP contribution in [0.3, 0.4) is 0 Å². The van der Waals surface area contributed by atoms with E-state index in [0.717, 1.165) is 11.3 Å². The number of hydrogen-bond acceptors (Lipinski definition) is 3. The van der Waals surface area contributed by atoms with E-state index in [0.29, 0.717) is 10.2 Å². The zero-order valence-electron chi connectivity index (χ0n) is 7.72. The molecule has 0 aliphatic carbocycles. The van der Waals surface area contributed by atoms with Gasteiger partial charge >= 0.3 is 5.97 Å². The Morgan fingerprint density at radius 2 is 2.15 bits per heavy atom. The minimum absolute atomic E-state index is 0.364. The smallest absolute Gasteiger partial charge is 0.340 e. The van der Waals surface area contributed by atoms with Crippen LogP contribution in [0.15, 0.2) is 10.7 Å². The number of ether oxygens (including phenoxy) is 1. The van der Waals surface area contributed by atoms with Crippen LogP contribution >= 0.6 is 15.9 Å². The largest absolute Gasteiger partial charge is 0.465 e. The number of carbonyl (C=O) groups excluding carboxylic acids is 1. The lowest BCUT2D eigenvalue weighted by atomic mass is 10.1. The lowest BCUT2D eigenvalue weighted by Crippen LogP contribution is -2.06. The second-order valence-corrected chi connectivity index (χ2v) is 3.49. The number of methoxy groups -OCH3 is 1. The molecule has 1 aromatic heterocycles. The van der Waals surface area contributed by atoms with Crippen LogP contribution in [0.1, 0.15) is 21.6 Å². The number of rotatable bonds is 1. The van der Waals surface area contributed by atoms with Gasteiger partial charge in [-0.05, 0) is 41.4 Å². The average molecular weight is 244 g/mol. The van der Waals surface area contributed by atoms with Crippen molar-refractivity contribution in [3.05, 3.63) is 27.5 Å². The van der Waals surface area contributed by atoms with Crippen LogP contribution in [0.2, 0.25) is 0 Å². The highest BCUT2D eigenvalue weighted by Crippen LogP contribution is 2.19. The zero-order valence-corrected chi connectivity index (χ0v) is 9.31. The lowest BCUT2D eigenvalue weighted by molar-refractivity contribution is 0.0598. The second-order valence-electron chi connectivity index (χ2n) is 2.74. The SMILES string of the molecule is COC(=O)c1c(C)cc(C)nc1Br. The second kappa shape index (κ2) is 3.87. The normalized spacial score (nSPS) is 9.85. The molecular weight excluding hydrogens is 234 g/mol. The Bertz CT molecular complexity index is 326. The van der Waals surface area contributed by atoms with Gasteiger partial charge in [0.1, 0.15) is 4.60 Å². The van der Waals surface area contributed by atoms with Crippen LogP contribution in [0.5, 0.6) is 0 Å². The molecular formula is C9H10BrNO2. The Morgan fingerprint density at radius 3 is 2.62 bits per heavy atom. The fraction of sp³-hybridized carbons (Fsp3) is 0.333. The Labute approximate surface area is 85.3 Å². The van der Waals surface area contributed by atoms with Gasteiger partial charge in [0.25, 0.3) is 0 Å². The third-order valence-corrected chi connectivity index (χ3v) is 2.26. The summed E-state index contributed by atoms with van der Waals surface area (Å²) in [7, 11) is 1.36. The molecule has 4 heteroatoms. The summed E-state index contributed by atoms with van der Waals surface area (Å²) >= 11 is 3.23. The third-order valence-electron chi connectivity index (χ3n) is 1.69. The van der Waals surface area contributed by atoms with Gasteiger partial charge in [0.05, 0.1) is 12.7 Å². The Kier molecular flexibility index (Phi) is 3.03. The van der Waals surface area contributed by atoms with Gasteiger partial charge in [0, 0.05) is 5.69 Å². The molecule has 0 aliphatic heterocycles. The number of pyridine rings is 1. The zero-order chi connectivity index (χ0) is 10.0. The molecule has 0 amide bonds. The van der Waals surface area contributed by atoms with E-state index in [1.165, 1.54) is 7.11 Å². The molecule has 3 nitrogen and oxygen atoms in total. The van der Waals surface area contributed by atoms with E-state index in [1.54, 1.807) is 0 Å². The number of halogens is 1. The van der Waals surface area contributed by atoms with Crippen molar-refractivity contribution in [3.8, 4) is 0 Å². The van der Waals surface area contributed by atoms with Crippen LogP contribution in [-0.4, -0.2) is 18.1 Å². The number of nitrogens with zero attached hydrogens (tertiary/aromatic N) is 1. The molecule has 13 heavy (non-hydrogen) atoms. The molecule has 0 N–H and O–H groups in total. The molecule has 0 aliphatic rings. The summed E-state index contributed by atoms with van der Waals surface area (Å²) in [5.41, 5.74) is 2.23. The van der Waals surface area contributed by atoms with Gasteiger partial charge in [-0.1, -0.05) is 0 Å². The molecule has 0 spiro atoms. The van der Waals surface area contributed by atoms with Gasteiger partial charge in [0.15, 0.2) is 0 Å². The first-order valence-electron chi connectivity index (χ1n) is 3.78. The first-order valence-corrected chi connectivity index (χ1v) is 4.57. The summed E-state index contributed by atoms with van der Waals surface area (Å²) in [6.45, 7) is 3.73. The van der Waals surface area contributed by atoms with Crippen molar-refractivity contribution in [1.82, 2.24) is 4.98 Å². The van der Waals surface area contributed by atoms with E-state index in [4.69, 9.17) is 0 Å². The molecule has 0 fully saturated rings. The standard InChI is InChI=1S/C9H10BrNO2/c1-5-4-6(2)11-8(10)7(5)9(12)13-3/h4H,1-3H3. The van der Waals surface area contributed by atoms with Crippen molar-refractivity contribution < 1.29 is 9.53 Å². The van der Waals surface area contributed by atoms with Crippen LogP contribution in [0.25, 0.3) is 0 Å². The first-order chi connectivity index (χ1) is 6.06. The highest BCUT2D eigenvalue weighted by atomic mass is 79.9. The molecule has 0 aromatic carbocycles. The van der Waals surface area contributed by atoms with E-state index in [1.807, 2.05) is 19.9 Å². The molecule has 0 saturated carbocycles. The van der Waals surface area contributed by atoms with Crippen LogP contribution in [0.4, 0.5) is 0 Å². The van der Waals surface area contributed by atoms with E-state index < -0.39 is 0 Å². The molecule has 1 heterocycles. The van der Waals surface area contributed by atoms with E-state index in [-0.39, 0.29) is 5.97 Å². The summed E-state index contributed by atoms with van der Waals surface area (Å²) in [5.74, 6) is -0.364. The average Bonchev–Trinajstić information content (AvgIpc) is 2.02. The predicted octanol–water partition coefficient (Wildman–Crippen LogP) is 2.25. The Hall–Kier alpha value is -0.900. The van der Waals surface area contributed by atoms with Gasteiger partial charge in [-0.2, -0.15) is 0 Å².